The highest BCUT2D eigenvalue weighted by atomic mass is 16.4. The zero-order valence-corrected chi connectivity index (χ0v) is 7.96. The lowest BCUT2D eigenvalue weighted by Gasteiger charge is -2.10. The predicted octanol–water partition coefficient (Wildman–Crippen LogP) is 1.48. The van der Waals surface area contributed by atoms with Crippen LogP contribution < -0.4 is 10.7 Å². The minimum atomic E-state index is -0.592. The molecule has 1 aromatic carbocycles. The predicted molar refractivity (Wildman–Crippen MR) is 51.4 cm³/mol. The van der Waals surface area contributed by atoms with Crippen LogP contribution in [0, 0.1) is 13.8 Å². The molecule has 0 amide bonds. The van der Waals surface area contributed by atoms with Crippen LogP contribution in [0.2, 0.25) is 0 Å². The Kier molecular flexibility index (Phi) is 1.81. The van der Waals surface area contributed by atoms with Crippen LogP contribution in [0.3, 0.4) is 0 Å². The van der Waals surface area contributed by atoms with E-state index in [1.165, 1.54) is 0 Å². The molecule has 0 aliphatic heterocycles. The number of hydrogen-bond donors (Lipinski definition) is 0. The van der Waals surface area contributed by atoms with Gasteiger partial charge < -0.3 is 9.52 Å². The summed E-state index contributed by atoms with van der Waals surface area (Å²) < 4.78 is 4.92. The van der Waals surface area contributed by atoms with Gasteiger partial charge in [-0.15, -0.1) is 0 Å². The van der Waals surface area contributed by atoms with Crippen molar-refractivity contribution < 1.29 is 9.52 Å². The average Bonchev–Trinajstić information content (AvgIpc) is 2.08. The summed E-state index contributed by atoms with van der Waals surface area (Å²) in [5, 5.41) is 11.9. The second-order valence-corrected chi connectivity index (χ2v) is 3.36. The molecule has 0 saturated carbocycles. The van der Waals surface area contributed by atoms with Gasteiger partial charge in [0.25, 0.3) is 0 Å². The van der Waals surface area contributed by atoms with E-state index in [0.29, 0.717) is 11.0 Å². The Morgan fingerprint density at radius 1 is 1.14 bits per heavy atom. The third kappa shape index (κ3) is 1.27. The van der Waals surface area contributed by atoms with Crippen LogP contribution >= 0.6 is 0 Å². The fourth-order valence-electron chi connectivity index (χ4n) is 1.39. The number of hydrogen-bond acceptors (Lipinski definition) is 3. The fraction of sp³-hybridized carbons (Fsp3) is 0.182. The summed E-state index contributed by atoms with van der Waals surface area (Å²) in [5.41, 5.74) is 1.80. The van der Waals surface area contributed by atoms with Gasteiger partial charge in [0.15, 0.2) is 0 Å². The average molecular weight is 189 g/mol. The Bertz CT molecular complexity index is 552. The lowest BCUT2D eigenvalue weighted by Crippen LogP contribution is -2.02. The fourth-order valence-corrected chi connectivity index (χ4v) is 1.39. The quantitative estimate of drug-likeness (QED) is 0.590. The maximum absolute atomic E-state index is 11.4. The lowest BCUT2D eigenvalue weighted by molar-refractivity contribution is -0.266. The van der Waals surface area contributed by atoms with Crippen LogP contribution in [-0.4, -0.2) is 0 Å². The topological polar surface area (TPSA) is 53.3 Å². The van der Waals surface area contributed by atoms with E-state index in [-0.39, 0.29) is 5.75 Å². The van der Waals surface area contributed by atoms with Crippen LogP contribution in [-0.2, 0) is 0 Å². The van der Waals surface area contributed by atoms with Gasteiger partial charge in [-0.1, -0.05) is 5.75 Å². The summed E-state index contributed by atoms with van der Waals surface area (Å²) in [6.07, 6.45) is 0. The van der Waals surface area contributed by atoms with E-state index in [9.17, 15) is 9.90 Å². The summed E-state index contributed by atoms with van der Waals surface area (Å²) in [6.45, 7) is 3.82. The molecule has 3 heteroatoms. The van der Waals surface area contributed by atoms with E-state index in [0.717, 1.165) is 17.2 Å². The molecule has 2 aromatic rings. The largest absolute Gasteiger partial charge is 0.872 e. The molecule has 0 saturated heterocycles. The SMILES string of the molecule is Cc1cc2oc(=O)cc([O-])c2cc1C. The number of aryl methyl sites for hydroxylation is 2. The summed E-state index contributed by atoms with van der Waals surface area (Å²) in [6, 6.07) is 4.43. The molecule has 0 bridgehead atoms. The summed E-state index contributed by atoms with van der Waals surface area (Å²) in [4.78, 5) is 10.9. The molecule has 0 spiro atoms. The van der Waals surface area contributed by atoms with Crippen molar-refractivity contribution >= 4 is 11.0 Å². The summed E-state index contributed by atoms with van der Waals surface area (Å²) in [5.74, 6) is -0.278. The van der Waals surface area contributed by atoms with Gasteiger partial charge in [0.05, 0.1) is 0 Å². The van der Waals surface area contributed by atoms with Gasteiger partial charge in [0, 0.05) is 11.5 Å². The molecule has 0 atom stereocenters. The van der Waals surface area contributed by atoms with Crippen LogP contribution in [0.15, 0.2) is 27.4 Å². The van der Waals surface area contributed by atoms with Crippen molar-refractivity contribution in [2.75, 3.05) is 0 Å². The van der Waals surface area contributed by atoms with Gasteiger partial charge in [0.1, 0.15) is 5.58 Å². The first-order valence-electron chi connectivity index (χ1n) is 4.30. The molecular formula is C11H9O3-. The van der Waals surface area contributed by atoms with Crippen molar-refractivity contribution in [1.82, 2.24) is 0 Å². The number of rotatable bonds is 0. The molecule has 0 aliphatic carbocycles. The van der Waals surface area contributed by atoms with Crippen molar-refractivity contribution in [2.45, 2.75) is 13.8 Å². The Hall–Kier alpha value is -1.77. The number of benzene rings is 1. The van der Waals surface area contributed by atoms with Gasteiger partial charge in [-0.05, 0) is 37.1 Å². The standard InChI is InChI=1S/C11H10O3/c1-6-3-8-9(12)5-11(13)14-10(8)4-7(6)2/h3-5,12H,1-2H3/p-1. The third-order valence-corrected chi connectivity index (χ3v) is 2.32. The highest BCUT2D eigenvalue weighted by Gasteiger charge is 2.01. The van der Waals surface area contributed by atoms with Crippen LogP contribution in [0.25, 0.3) is 11.0 Å². The molecule has 14 heavy (non-hydrogen) atoms. The Morgan fingerprint density at radius 2 is 1.79 bits per heavy atom. The Morgan fingerprint density at radius 3 is 2.50 bits per heavy atom. The van der Waals surface area contributed by atoms with Crippen molar-refractivity contribution in [1.29, 1.82) is 0 Å². The molecule has 3 nitrogen and oxygen atoms in total. The minimum absolute atomic E-state index is 0.278. The van der Waals surface area contributed by atoms with E-state index in [2.05, 4.69) is 0 Å². The first kappa shape index (κ1) is 8.81. The zero-order valence-electron chi connectivity index (χ0n) is 7.96. The first-order valence-corrected chi connectivity index (χ1v) is 4.30. The summed E-state index contributed by atoms with van der Waals surface area (Å²) in [7, 11) is 0. The smallest absolute Gasteiger partial charge is 0.335 e. The van der Waals surface area contributed by atoms with E-state index in [4.69, 9.17) is 4.42 Å². The van der Waals surface area contributed by atoms with E-state index in [1.807, 2.05) is 13.8 Å². The van der Waals surface area contributed by atoms with Crippen molar-refractivity contribution in [3.63, 3.8) is 0 Å². The Balaban J connectivity index is 2.96. The second-order valence-electron chi connectivity index (χ2n) is 3.36. The highest BCUT2D eigenvalue weighted by Crippen LogP contribution is 2.23. The first-order chi connectivity index (χ1) is 6.58. The Labute approximate surface area is 80.6 Å². The molecule has 0 aliphatic rings. The minimum Gasteiger partial charge on any atom is -0.872 e. The molecule has 1 heterocycles. The maximum atomic E-state index is 11.4. The molecular weight excluding hydrogens is 180 g/mol. The highest BCUT2D eigenvalue weighted by molar-refractivity contribution is 5.83. The third-order valence-electron chi connectivity index (χ3n) is 2.32. The monoisotopic (exact) mass is 189 g/mol. The van der Waals surface area contributed by atoms with Gasteiger partial charge in [-0.2, -0.15) is 0 Å². The number of fused-ring (bicyclic) bond motifs is 1. The van der Waals surface area contributed by atoms with Crippen LogP contribution in [0.1, 0.15) is 11.1 Å². The van der Waals surface area contributed by atoms with Crippen LogP contribution in [0.4, 0.5) is 0 Å². The van der Waals surface area contributed by atoms with E-state index < -0.39 is 5.63 Å². The van der Waals surface area contributed by atoms with E-state index >= 15 is 0 Å². The van der Waals surface area contributed by atoms with Crippen LogP contribution in [0.5, 0.6) is 5.75 Å². The lowest BCUT2D eigenvalue weighted by atomic mass is 10.1. The normalized spacial score (nSPS) is 10.7. The van der Waals surface area contributed by atoms with Gasteiger partial charge in [-0.3, -0.25) is 0 Å². The molecule has 0 N–H and O–H groups in total. The zero-order chi connectivity index (χ0) is 10.3. The molecule has 72 valence electrons. The second kappa shape index (κ2) is 2.87. The summed E-state index contributed by atoms with van der Waals surface area (Å²) >= 11 is 0. The van der Waals surface area contributed by atoms with Crippen molar-refractivity contribution in [2.24, 2.45) is 0 Å². The van der Waals surface area contributed by atoms with Gasteiger partial charge in [0.2, 0.25) is 0 Å². The van der Waals surface area contributed by atoms with Crippen molar-refractivity contribution in [3.05, 3.63) is 39.7 Å². The maximum Gasteiger partial charge on any atom is 0.335 e. The molecule has 0 radical (unpaired) electrons. The molecule has 1 aromatic heterocycles. The molecule has 0 fully saturated rings. The van der Waals surface area contributed by atoms with Gasteiger partial charge >= 0.3 is 5.63 Å². The van der Waals surface area contributed by atoms with Gasteiger partial charge in [-0.25, -0.2) is 4.79 Å². The molecule has 2 rings (SSSR count). The van der Waals surface area contributed by atoms with Crippen molar-refractivity contribution in [3.8, 4) is 5.75 Å². The molecule has 0 unspecified atom stereocenters. The van der Waals surface area contributed by atoms with E-state index in [1.54, 1.807) is 12.1 Å².